The molecule has 1 saturated carbocycles. The van der Waals surface area contributed by atoms with Gasteiger partial charge in [0, 0.05) is 25.3 Å². The van der Waals surface area contributed by atoms with Gasteiger partial charge in [0.15, 0.2) is 0 Å². The van der Waals surface area contributed by atoms with Gasteiger partial charge in [-0.3, -0.25) is 9.58 Å². The molecule has 1 fully saturated rings. The maximum atomic E-state index is 5.70. The molecular formula is C17H32N4. The fourth-order valence-electron chi connectivity index (χ4n) is 3.49. The molecule has 1 aliphatic carbocycles. The minimum absolute atomic E-state index is 0.544. The van der Waals surface area contributed by atoms with Crippen LogP contribution in [0.3, 0.4) is 0 Å². The van der Waals surface area contributed by atoms with Crippen LogP contribution in [0.4, 0.5) is 0 Å². The molecule has 1 heterocycles. The molecule has 1 aromatic heterocycles. The lowest BCUT2D eigenvalue weighted by Crippen LogP contribution is -2.34. The second-order valence-electron chi connectivity index (χ2n) is 6.31. The van der Waals surface area contributed by atoms with E-state index in [2.05, 4.69) is 35.7 Å². The molecule has 0 bridgehead atoms. The van der Waals surface area contributed by atoms with Gasteiger partial charge in [-0.05, 0) is 44.7 Å². The van der Waals surface area contributed by atoms with E-state index in [1.54, 1.807) is 0 Å². The molecule has 0 aromatic carbocycles. The van der Waals surface area contributed by atoms with Gasteiger partial charge >= 0.3 is 0 Å². The van der Waals surface area contributed by atoms with E-state index in [0.29, 0.717) is 6.04 Å². The number of hydrogen-bond acceptors (Lipinski definition) is 3. The van der Waals surface area contributed by atoms with Crippen molar-refractivity contribution in [1.82, 2.24) is 14.7 Å². The molecule has 1 aliphatic rings. The Balaban J connectivity index is 1.98. The van der Waals surface area contributed by atoms with Gasteiger partial charge in [-0.1, -0.05) is 26.7 Å². The Labute approximate surface area is 129 Å². The summed E-state index contributed by atoms with van der Waals surface area (Å²) in [5, 5.41) is 4.82. The van der Waals surface area contributed by atoms with Gasteiger partial charge in [0.25, 0.3) is 0 Å². The number of hydrogen-bond donors (Lipinski definition) is 1. The van der Waals surface area contributed by atoms with Crippen molar-refractivity contribution < 1.29 is 0 Å². The van der Waals surface area contributed by atoms with E-state index < -0.39 is 0 Å². The highest BCUT2D eigenvalue weighted by Gasteiger charge is 2.23. The molecule has 2 rings (SSSR count). The minimum atomic E-state index is 0.544. The average Bonchev–Trinajstić information content (AvgIpc) is 3.16. The quantitative estimate of drug-likeness (QED) is 0.759. The van der Waals surface area contributed by atoms with Gasteiger partial charge in [-0.25, -0.2) is 0 Å². The molecule has 0 spiro atoms. The van der Waals surface area contributed by atoms with Crippen LogP contribution in [0.15, 0.2) is 12.3 Å². The van der Waals surface area contributed by atoms with Crippen molar-refractivity contribution in [3.8, 4) is 0 Å². The summed E-state index contributed by atoms with van der Waals surface area (Å²) in [4.78, 5) is 2.61. The van der Waals surface area contributed by atoms with Gasteiger partial charge in [-0.15, -0.1) is 0 Å². The lowest BCUT2D eigenvalue weighted by molar-refractivity contribution is 0.185. The van der Waals surface area contributed by atoms with Crippen molar-refractivity contribution in [3.63, 3.8) is 0 Å². The van der Waals surface area contributed by atoms with E-state index in [4.69, 9.17) is 10.8 Å². The molecule has 4 heteroatoms. The first-order valence-electron chi connectivity index (χ1n) is 8.76. The zero-order valence-corrected chi connectivity index (χ0v) is 13.8. The summed E-state index contributed by atoms with van der Waals surface area (Å²) in [6.45, 7) is 7.35. The molecule has 2 N–H and O–H groups in total. The molecule has 0 saturated heterocycles. The summed E-state index contributed by atoms with van der Waals surface area (Å²) < 4.78 is 2.16. The van der Waals surface area contributed by atoms with Gasteiger partial charge in [0.1, 0.15) is 0 Å². The largest absolute Gasteiger partial charge is 0.330 e. The molecule has 1 aromatic rings. The highest BCUT2D eigenvalue weighted by Crippen LogP contribution is 2.25. The molecule has 21 heavy (non-hydrogen) atoms. The SMILES string of the molecule is CCC(CC)n1ccc(CN(CCCN)C2CCCC2)n1. The Morgan fingerprint density at radius 1 is 1.33 bits per heavy atom. The molecule has 0 radical (unpaired) electrons. The molecule has 120 valence electrons. The first kappa shape index (κ1) is 16.5. The summed E-state index contributed by atoms with van der Waals surface area (Å²) in [5.41, 5.74) is 6.92. The highest BCUT2D eigenvalue weighted by atomic mass is 15.3. The first-order chi connectivity index (χ1) is 10.3. The van der Waals surface area contributed by atoms with Crippen molar-refractivity contribution in [3.05, 3.63) is 18.0 Å². The summed E-state index contributed by atoms with van der Waals surface area (Å²) in [7, 11) is 0. The van der Waals surface area contributed by atoms with Crippen molar-refractivity contribution in [2.24, 2.45) is 5.73 Å². The van der Waals surface area contributed by atoms with Gasteiger partial charge in [-0.2, -0.15) is 5.10 Å². The van der Waals surface area contributed by atoms with Crippen LogP contribution in [0, 0.1) is 0 Å². The Bertz CT molecular complexity index is 391. The number of nitrogens with two attached hydrogens (primary N) is 1. The Kier molecular flexibility index (Phi) is 6.71. The van der Waals surface area contributed by atoms with Crippen LogP contribution in [-0.2, 0) is 6.54 Å². The summed E-state index contributed by atoms with van der Waals surface area (Å²) in [6.07, 6.45) is 11.0. The van der Waals surface area contributed by atoms with Crippen LogP contribution in [0.5, 0.6) is 0 Å². The number of rotatable bonds is 9. The Hall–Kier alpha value is -0.870. The minimum Gasteiger partial charge on any atom is -0.330 e. The van der Waals surface area contributed by atoms with E-state index in [0.717, 1.165) is 44.9 Å². The predicted molar refractivity (Wildman–Crippen MR) is 88.2 cm³/mol. The predicted octanol–water partition coefficient (Wildman–Crippen LogP) is 3.34. The maximum absolute atomic E-state index is 5.70. The zero-order valence-electron chi connectivity index (χ0n) is 13.8. The third-order valence-corrected chi connectivity index (χ3v) is 4.84. The fraction of sp³-hybridized carbons (Fsp3) is 0.824. The van der Waals surface area contributed by atoms with E-state index in [1.807, 2.05) is 0 Å². The highest BCUT2D eigenvalue weighted by molar-refractivity contribution is 5.00. The van der Waals surface area contributed by atoms with E-state index in [9.17, 15) is 0 Å². The van der Waals surface area contributed by atoms with Gasteiger partial charge in [0.05, 0.1) is 11.7 Å². The maximum Gasteiger partial charge on any atom is 0.0765 e. The third kappa shape index (κ3) is 4.55. The van der Waals surface area contributed by atoms with Crippen molar-refractivity contribution in [2.75, 3.05) is 13.1 Å². The van der Waals surface area contributed by atoms with Gasteiger partial charge in [0.2, 0.25) is 0 Å². The van der Waals surface area contributed by atoms with Crippen LogP contribution in [0.25, 0.3) is 0 Å². The topological polar surface area (TPSA) is 47.1 Å². The van der Waals surface area contributed by atoms with Crippen molar-refractivity contribution in [1.29, 1.82) is 0 Å². The van der Waals surface area contributed by atoms with Crippen LogP contribution < -0.4 is 5.73 Å². The summed E-state index contributed by atoms with van der Waals surface area (Å²) in [6, 6.07) is 3.49. The molecule has 4 nitrogen and oxygen atoms in total. The monoisotopic (exact) mass is 292 g/mol. The lowest BCUT2D eigenvalue weighted by atomic mass is 10.2. The smallest absolute Gasteiger partial charge is 0.0765 e. The van der Waals surface area contributed by atoms with Crippen LogP contribution in [-0.4, -0.2) is 33.8 Å². The van der Waals surface area contributed by atoms with E-state index in [1.165, 1.54) is 31.4 Å². The van der Waals surface area contributed by atoms with Crippen LogP contribution >= 0.6 is 0 Å². The lowest BCUT2D eigenvalue weighted by Gasteiger charge is -2.28. The standard InChI is InChI=1S/C17H32N4/c1-3-16(4-2)21-13-10-15(19-21)14-20(12-7-11-18)17-8-5-6-9-17/h10,13,16-17H,3-9,11-12,14,18H2,1-2H3. The third-order valence-electron chi connectivity index (χ3n) is 4.84. The second kappa shape index (κ2) is 8.54. The molecule has 0 aliphatic heterocycles. The normalized spacial score (nSPS) is 16.4. The molecular weight excluding hydrogens is 260 g/mol. The Morgan fingerprint density at radius 2 is 2.05 bits per heavy atom. The van der Waals surface area contributed by atoms with Crippen molar-refractivity contribution in [2.45, 2.75) is 77.4 Å². The average molecular weight is 292 g/mol. The summed E-state index contributed by atoms with van der Waals surface area (Å²) >= 11 is 0. The number of nitrogens with zero attached hydrogens (tertiary/aromatic N) is 3. The summed E-state index contributed by atoms with van der Waals surface area (Å²) in [5.74, 6) is 0. The molecule has 0 amide bonds. The number of aromatic nitrogens is 2. The molecule has 0 atom stereocenters. The van der Waals surface area contributed by atoms with Crippen LogP contribution in [0.1, 0.15) is 70.5 Å². The fourth-order valence-corrected chi connectivity index (χ4v) is 3.49. The van der Waals surface area contributed by atoms with Crippen molar-refractivity contribution >= 4 is 0 Å². The Morgan fingerprint density at radius 3 is 2.67 bits per heavy atom. The van der Waals surface area contributed by atoms with Crippen LogP contribution in [0.2, 0.25) is 0 Å². The van der Waals surface area contributed by atoms with Gasteiger partial charge < -0.3 is 5.73 Å². The first-order valence-corrected chi connectivity index (χ1v) is 8.76. The van der Waals surface area contributed by atoms with E-state index >= 15 is 0 Å². The van der Waals surface area contributed by atoms with E-state index in [-0.39, 0.29) is 0 Å². The zero-order chi connectivity index (χ0) is 15.1. The molecule has 0 unspecified atom stereocenters. The second-order valence-corrected chi connectivity index (χ2v) is 6.31.